The maximum absolute atomic E-state index is 14.4. The molecule has 0 saturated carbocycles. The third-order valence-electron chi connectivity index (χ3n) is 6.55. The quantitative estimate of drug-likeness (QED) is 0.562. The molecule has 182 valence electrons. The highest BCUT2D eigenvalue weighted by atomic mass is 19.1. The molecule has 2 aromatic rings. The van der Waals surface area contributed by atoms with E-state index in [1.54, 1.807) is 19.1 Å². The molecule has 0 radical (unpaired) electrons. The maximum atomic E-state index is 14.4. The van der Waals surface area contributed by atoms with Gasteiger partial charge in [-0.05, 0) is 22.3 Å². The van der Waals surface area contributed by atoms with Crippen molar-refractivity contribution in [3.05, 3.63) is 59.7 Å². The van der Waals surface area contributed by atoms with Gasteiger partial charge in [0.2, 0.25) is 5.91 Å². The summed E-state index contributed by atoms with van der Waals surface area (Å²) in [6.07, 6.45) is -1.99. The zero-order chi connectivity index (χ0) is 24.1. The number of alkyl halides is 1. The van der Waals surface area contributed by atoms with E-state index in [4.69, 9.17) is 14.2 Å². The van der Waals surface area contributed by atoms with E-state index in [2.05, 4.69) is 12.1 Å². The third kappa shape index (κ3) is 4.93. The minimum absolute atomic E-state index is 0.0422. The molecule has 1 heterocycles. The Bertz CT molecular complexity index is 963. The van der Waals surface area contributed by atoms with Gasteiger partial charge in [0.25, 0.3) is 0 Å². The molecule has 2 aromatic carbocycles. The van der Waals surface area contributed by atoms with Crippen LogP contribution in [0.5, 0.6) is 0 Å². The Kier molecular flexibility index (Phi) is 7.80. The molecule has 0 spiro atoms. The van der Waals surface area contributed by atoms with Crippen LogP contribution in [0, 0.1) is 0 Å². The molecule has 2 atom stereocenters. The van der Waals surface area contributed by atoms with Gasteiger partial charge in [0.15, 0.2) is 0 Å². The summed E-state index contributed by atoms with van der Waals surface area (Å²) in [4.78, 5) is 29.0. The molecule has 1 aliphatic heterocycles. The van der Waals surface area contributed by atoms with Crippen LogP contribution in [0.1, 0.15) is 23.5 Å². The normalized spacial score (nSPS) is 19.1. The highest BCUT2D eigenvalue weighted by Crippen LogP contribution is 2.44. The Morgan fingerprint density at radius 1 is 0.971 bits per heavy atom. The van der Waals surface area contributed by atoms with Gasteiger partial charge < -0.3 is 19.1 Å². The highest BCUT2D eigenvalue weighted by Gasteiger charge is 2.42. The second kappa shape index (κ2) is 11.0. The van der Waals surface area contributed by atoms with Crippen LogP contribution >= 0.6 is 0 Å². The largest absolute Gasteiger partial charge is 0.448 e. The van der Waals surface area contributed by atoms with E-state index in [0.717, 1.165) is 22.3 Å². The van der Waals surface area contributed by atoms with Gasteiger partial charge in [-0.15, -0.1) is 0 Å². The molecule has 0 bridgehead atoms. The van der Waals surface area contributed by atoms with Gasteiger partial charge in [-0.2, -0.15) is 0 Å². The van der Waals surface area contributed by atoms with E-state index in [-0.39, 0.29) is 31.4 Å². The van der Waals surface area contributed by atoms with Crippen LogP contribution in [0.25, 0.3) is 11.1 Å². The lowest BCUT2D eigenvalue weighted by atomic mass is 9.98. The molecular weight excluding hydrogens is 439 g/mol. The average molecular weight is 471 g/mol. The van der Waals surface area contributed by atoms with Crippen molar-refractivity contribution in [1.29, 1.82) is 0 Å². The number of carbonyl (C=O) groups is 2. The van der Waals surface area contributed by atoms with Crippen LogP contribution in [-0.4, -0.2) is 87.7 Å². The number of ether oxygens (including phenoxy) is 3. The van der Waals surface area contributed by atoms with Crippen molar-refractivity contribution in [1.82, 2.24) is 9.80 Å². The van der Waals surface area contributed by atoms with Crippen LogP contribution in [0.2, 0.25) is 0 Å². The summed E-state index contributed by atoms with van der Waals surface area (Å²) in [5, 5.41) is 0. The van der Waals surface area contributed by atoms with Gasteiger partial charge >= 0.3 is 6.09 Å². The van der Waals surface area contributed by atoms with Gasteiger partial charge in [-0.1, -0.05) is 48.5 Å². The molecular formula is C26H31FN2O5. The number of likely N-dealkylation sites (tertiary alicyclic amines) is 1. The monoisotopic (exact) mass is 470 g/mol. The van der Waals surface area contributed by atoms with Gasteiger partial charge in [-0.25, -0.2) is 9.18 Å². The fraction of sp³-hybridized carbons (Fsp3) is 0.462. The standard InChI is InChI=1S/C26H31FN2O5/c1-32-13-11-28(12-14-33-2)25(30)24-15-18(27)16-29(24)26(31)34-17-23-21-9-5-3-7-19(21)20-8-4-6-10-22(20)23/h3-10,18,23-24H,11-17H2,1-2H3/t18-,24-/m0/s1. The SMILES string of the molecule is COCCN(CCOC)C(=O)[C@@H]1C[C@H](F)CN1C(=O)OCC1c2ccccc2-c2ccccc21. The van der Waals surface area contributed by atoms with E-state index < -0.39 is 18.3 Å². The highest BCUT2D eigenvalue weighted by molar-refractivity contribution is 5.86. The van der Waals surface area contributed by atoms with E-state index in [1.807, 2.05) is 36.4 Å². The van der Waals surface area contributed by atoms with Crippen molar-refractivity contribution >= 4 is 12.0 Å². The first-order valence-electron chi connectivity index (χ1n) is 11.6. The number of amides is 2. The van der Waals surface area contributed by atoms with Crippen molar-refractivity contribution in [2.24, 2.45) is 0 Å². The first-order chi connectivity index (χ1) is 16.5. The van der Waals surface area contributed by atoms with Crippen molar-refractivity contribution < 1.29 is 28.2 Å². The van der Waals surface area contributed by atoms with E-state index in [9.17, 15) is 14.0 Å². The van der Waals surface area contributed by atoms with Crippen molar-refractivity contribution in [2.75, 3.05) is 53.7 Å². The van der Waals surface area contributed by atoms with Crippen LogP contribution in [0.4, 0.5) is 9.18 Å². The summed E-state index contributed by atoms with van der Waals surface area (Å²) in [6.45, 7) is 1.32. The second-order valence-corrected chi connectivity index (χ2v) is 8.62. The first-order valence-corrected chi connectivity index (χ1v) is 11.6. The number of hydrogen-bond acceptors (Lipinski definition) is 5. The number of carbonyl (C=O) groups excluding carboxylic acids is 2. The molecule has 0 aromatic heterocycles. The lowest BCUT2D eigenvalue weighted by Gasteiger charge is -2.29. The number of fused-ring (bicyclic) bond motifs is 3. The molecule has 2 aliphatic rings. The Morgan fingerprint density at radius 3 is 2.09 bits per heavy atom. The predicted octanol–water partition coefficient (Wildman–Crippen LogP) is 3.47. The predicted molar refractivity (Wildman–Crippen MR) is 125 cm³/mol. The Hall–Kier alpha value is -2.97. The van der Waals surface area contributed by atoms with Crippen LogP contribution < -0.4 is 0 Å². The minimum atomic E-state index is -1.28. The number of rotatable bonds is 9. The molecule has 0 unspecified atom stereocenters. The molecule has 1 aliphatic carbocycles. The fourth-order valence-electron chi connectivity index (χ4n) is 4.84. The van der Waals surface area contributed by atoms with Crippen LogP contribution in [-0.2, 0) is 19.0 Å². The summed E-state index contributed by atoms with van der Waals surface area (Å²) >= 11 is 0. The number of benzene rings is 2. The Balaban J connectivity index is 1.46. The lowest BCUT2D eigenvalue weighted by Crippen LogP contribution is -2.49. The molecule has 7 nitrogen and oxygen atoms in total. The maximum Gasteiger partial charge on any atom is 0.410 e. The molecule has 0 N–H and O–H groups in total. The zero-order valence-electron chi connectivity index (χ0n) is 19.6. The topological polar surface area (TPSA) is 68.3 Å². The fourth-order valence-corrected chi connectivity index (χ4v) is 4.84. The summed E-state index contributed by atoms with van der Waals surface area (Å²) in [6, 6.07) is 15.2. The Labute approximate surface area is 199 Å². The van der Waals surface area contributed by atoms with Gasteiger partial charge in [-0.3, -0.25) is 9.69 Å². The minimum Gasteiger partial charge on any atom is -0.448 e. The number of hydrogen-bond donors (Lipinski definition) is 0. The zero-order valence-corrected chi connectivity index (χ0v) is 19.6. The molecule has 34 heavy (non-hydrogen) atoms. The smallest absolute Gasteiger partial charge is 0.410 e. The van der Waals surface area contributed by atoms with Crippen LogP contribution in [0.15, 0.2) is 48.5 Å². The van der Waals surface area contributed by atoms with Gasteiger partial charge in [0.1, 0.15) is 18.8 Å². The van der Waals surface area contributed by atoms with Crippen molar-refractivity contribution in [3.8, 4) is 11.1 Å². The summed E-state index contributed by atoms with van der Waals surface area (Å²) < 4.78 is 30.3. The van der Waals surface area contributed by atoms with E-state index in [1.165, 1.54) is 4.90 Å². The lowest BCUT2D eigenvalue weighted by molar-refractivity contribution is -0.137. The van der Waals surface area contributed by atoms with Crippen molar-refractivity contribution in [2.45, 2.75) is 24.6 Å². The molecule has 2 amide bonds. The van der Waals surface area contributed by atoms with Crippen LogP contribution in [0.3, 0.4) is 0 Å². The number of halogens is 1. The van der Waals surface area contributed by atoms with Gasteiger partial charge in [0, 0.05) is 39.6 Å². The molecule has 1 fully saturated rings. The second-order valence-electron chi connectivity index (χ2n) is 8.62. The third-order valence-corrected chi connectivity index (χ3v) is 6.55. The molecule has 4 rings (SSSR count). The Morgan fingerprint density at radius 2 is 1.53 bits per heavy atom. The molecule has 8 heteroatoms. The van der Waals surface area contributed by atoms with Gasteiger partial charge in [0.05, 0.1) is 19.8 Å². The first kappa shape index (κ1) is 24.2. The van der Waals surface area contributed by atoms with Crippen molar-refractivity contribution in [3.63, 3.8) is 0 Å². The summed E-state index contributed by atoms with van der Waals surface area (Å²) in [5.74, 6) is -0.419. The van der Waals surface area contributed by atoms with E-state index in [0.29, 0.717) is 26.3 Å². The molecule has 1 saturated heterocycles. The number of nitrogens with zero attached hydrogens (tertiary/aromatic N) is 2. The number of methoxy groups -OCH3 is 2. The average Bonchev–Trinajstić information content (AvgIpc) is 3.40. The summed E-state index contributed by atoms with van der Waals surface area (Å²) in [5.41, 5.74) is 4.45. The van der Waals surface area contributed by atoms with E-state index >= 15 is 0 Å². The summed E-state index contributed by atoms with van der Waals surface area (Å²) in [7, 11) is 3.10.